The van der Waals surface area contributed by atoms with E-state index < -0.39 is 28.5 Å². The maximum absolute atomic E-state index is 12.6. The molecule has 0 heterocycles. The van der Waals surface area contributed by atoms with Crippen molar-refractivity contribution in [1.29, 1.82) is 0 Å². The fourth-order valence-corrected chi connectivity index (χ4v) is 2.99. The van der Waals surface area contributed by atoms with Crippen LogP contribution in [0, 0.1) is 10.1 Å². The lowest BCUT2D eigenvalue weighted by Crippen LogP contribution is -2.54. The molecule has 30 heavy (non-hydrogen) atoms. The molecule has 2 N–H and O–H groups in total. The lowest BCUT2D eigenvalue weighted by Gasteiger charge is -2.37. The summed E-state index contributed by atoms with van der Waals surface area (Å²) in [6, 6.07) is 12.4. The van der Waals surface area contributed by atoms with Gasteiger partial charge in [0.15, 0.2) is 0 Å². The van der Waals surface area contributed by atoms with E-state index in [4.69, 9.17) is 4.74 Å². The fraction of sp³-hybridized carbons (Fsp3) is 0.333. The van der Waals surface area contributed by atoms with E-state index in [1.165, 1.54) is 25.1 Å². The van der Waals surface area contributed by atoms with Crippen LogP contribution < -0.4 is 10.1 Å². The predicted octanol–water partition coefficient (Wildman–Crippen LogP) is 4.28. The van der Waals surface area contributed by atoms with Crippen LogP contribution in [0.4, 0.5) is 16.2 Å². The molecule has 2 aromatic carbocycles. The number of ether oxygens (including phenoxy) is 1. The van der Waals surface area contributed by atoms with Crippen LogP contribution in [-0.2, 0) is 11.4 Å². The Morgan fingerprint density at radius 1 is 1.20 bits per heavy atom. The fourth-order valence-electron chi connectivity index (χ4n) is 2.99. The first-order valence-corrected chi connectivity index (χ1v) is 9.29. The van der Waals surface area contributed by atoms with Crippen molar-refractivity contribution >= 4 is 23.4 Å². The van der Waals surface area contributed by atoms with Gasteiger partial charge in [-0.15, -0.1) is 0 Å². The maximum Gasteiger partial charge on any atom is 0.408 e. The topological polar surface area (TPSA) is 122 Å². The second kappa shape index (κ2) is 9.25. The third-order valence-electron chi connectivity index (χ3n) is 4.37. The van der Waals surface area contributed by atoms with Gasteiger partial charge in [0, 0.05) is 5.54 Å². The number of carboxylic acid groups (broad SMARTS) is 1. The number of rotatable bonds is 7. The van der Waals surface area contributed by atoms with Crippen LogP contribution in [0.2, 0.25) is 0 Å². The highest BCUT2D eigenvalue weighted by Gasteiger charge is 2.35. The minimum atomic E-state index is -1.26. The Morgan fingerprint density at radius 2 is 1.83 bits per heavy atom. The molecule has 0 spiro atoms. The van der Waals surface area contributed by atoms with Crippen molar-refractivity contribution in [3.05, 3.63) is 64.2 Å². The smallest absolute Gasteiger partial charge is 0.408 e. The largest absolute Gasteiger partial charge is 0.489 e. The van der Waals surface area contributed by atoms with Crippen LogP contribution >= 0.6 is 0 Å². The second-order valence-corrected chi connectivity index (χ2v) is 7.70. The Hall–Kier alpha value is -3.62. The Bertz CT molecular complexity index is 924. The van der Waals surface area contributed by atoms with Crippen molar-refractivity contribution < 1.29 is 24.4 Å². The van der Waals surface area contributed by atoms with Crippen LogP contribution in [0.3, 0.4) is 0 Å². The Kier molecular flexibility index (Phi) is 6.99. The number of benzene rings is 2. The molecule has 0 radical (unpaired) electrons. The highest BCUT2D eigenvalue weighted by atomic mass is 16.6. The van der Waals surface area contributed by atoms with E-state index >= 15 is 0 Å². The van der Waals surface area contributed by atoms with Gasteiger partial charge < -0.3 is 15.2 Å². The maximum atomic E-state index is 12.6. The number of nitro groups is 1. The molecule has 2 aromatic rings. The first-order valence-electron chi connectivity index (χ1n) is 9.29. The number of carbonyl (C=O) groups is 2. The van der Waals surface area contributed by atoms with E-state index in [2.05, 4.69) is 5.32 Å². The van der Waals surface area contributed by atoms with Crippen molar-refractivity contribution in [2.45, 2.75) is 45.9 Å². The van der Waals surface area contributed by atoms with Crippen LogP contribution in [0.1, 0.15) is 33.3 Å². The van der Waals surface area contributed by atoms with Gasteiger partial charge in [0.25, 0.3) is 5.69 Å². The van der Waals surface area contributed by atoms with Gasteiger partial charge in [-0.3, -0.25) is 19.8 Å². The van der Waals surface area contributed by atoms with Crippen molar-refractivity contribution in [1.82, 2.24) is 4.90 Å². The van der Waals surface area contributed by atoms with E-state index in [0.29, 0.717) is 0 Å². The SMILES string of the molecule is CC(C(=O)Nc1ccc(OCc2ccccc2)cc1[N+](=O)[O-])N(C(=O)O)C(C)(C)C. The average Bonchev–Trinajstić information content (AvgIpc) is 2.66. The van der Waals surface area contributed by atoms with Gasteiger partial charge in [0.1, 0.15) is 24.1 Å². The summed E-state index contributed by atoms with van der Waals surface area (Å²) in [5.74, 6) is -0.396. The van der Waals surface area contributed by atoms with Crippen LogP contribution in [0.5, 0.6) is 5.75 Å². The second-order valence-electron chi connectivity index (χ2n) is 7.70. The number of carbonyl (C=O) groups excluding carboxylic acids is 1. The van der Waals surface area contributed by atoms with E-state index in [-0.39, 0.29) is 23.7 Å². The number of hydrogen-bond donors (Lipinski definition) is 2. The molecule has 2 amide bonds. The molecule has 9 nitrogen and oxygen atoms in total. The quantitative estimate of drug-likeness (QED) is 0.514. The molecular weight excluding hydrogens is 390 g/mol. The van der Waals surface area contributed by atoms with E-state index in [1.54, 1.807) is 20.8 Å². The zero-order valence-electron chi connectivity index (χ0n) is 17.3. The van der Waals surface area contributed by atoms with Gasteiger partial charge in [0.05, 0.1) is 11.0 Å². The van der Waals surface area contributed by atoms with Gasteiger partial charge >= 0.3 is 6.09 Å². The summed E-state index contributed by atoms with van der Waals surface area (Å²) in [5.41, 5.74) is -0.312. The minimum absolute atomic E-state index is 0.0387. The molecule has 160 valence electrons. The average molecular weight is 415 g/mol. The highest BCUT2D eigenvalue weighted by molar-refractivity contribution is 5.98. The van der Waals surface area contributed by atoms with Crippen molar-refractivity contribution in [2.75, 3.05) is 5.32 Å². The van der Waals surface area contributed by atoms with Crippen molar-refractivity contribution in [3.63, 3.8) is 0 Å². The molecule has 0 saturated heterocycles. The summed E-state index contributed by atoms with van der Waals surface area (Å²) >= 11 is 0. The number of hydrogen-bond acceptors (Lipinski definition) is 5. The predicted molar refractivity (Wildman–Crippen MR) is 112 cm³/mol. The minimum Gasteiger partial charge on any atom is -0.489 e. The molecule has 0 aromatic heterocycles. The van der Waals surface area contributed by atoms with Gasteiger partial charge in [0.2, 0.25) is 5.91 Å². The zero-order valence-corrected chi connectivity index (χ0v) is 17.3. The molecule has 0 saturated carbocycles. The van der Waals surface area contributed by atoms with Gasteiger partial charge in [-0.2, -0.15) is 0 Å². The molecule has 0 fully saturated rings. The molecule has 0 bridgehead atoms. The molecule has 0 aliphatic carbocycles. The lowest BCUT2D eigenvalue weighted by molar-refractivity contribution is -0.384. The lowest BCUT2D eigenvalue weighted by atomic mass is 10.0. The van der Waals surface area contributed by atoms with E-state index in [1.807, 2.05) is 30.3 Å². The standard InChI is InChI=1S/C21H25N3O6/c1-14(23(20(26)27)21(2,3)4)19(25)22-17-11-10-16(12-18(17)24(28)29)30-13-15-8-6-5-7-9-15/h5-12,14H,13H2,1-4H3,(H,22,25)(H,26,27). The molecule has 1 unspecified atom stereocenters. The molecule has 1 atom stereocenters. The van der Waals surface area contributed by atoms with Crippen LogP contribution in [0.15, 0.2) is 48.5 Å². The third kappa shape index (κ3) is 5.69. The summed E-state index contributed by atoms with van der Waals surface area (Å²) in [5, 5.41) is 23.4. The Morgan fingerprint density at radius 3 is 2.37 bits per heavy atom. The number of nitro benzene ring substituents is 1. The van der Waals surface area contributed by atoms with E-state index in [9.17, 15) is 24.8 Å². The summed E-state index contributed by atoms with van der Waals surface area (Å²) in [4.78, 5) is 36.0. The zero-order chi connectivity index (χ0) is 22.5. The highest BCUT2D eigenvalue weighted by Crippen LogP contribution is 2.30. The van der Waals surface area contributed by atoms with Crippen molar-refractivity contribution in [2.24, 2.45) is 0 Å². The Labute approximate surface area is 174 Å². The summed E-state index contributed by atoms with van der Waals surface area (Å²) in [6.07, 6.45) is -1.26. The number of nitrogens with one attached hydrogen (secondary N) is 1. The number of amides is 2. The Balaban J connectivity index is 2.19. The summed E-state index contributed by atoms with van der Waals surface area (Å²) in [7, 11) is 0. The summed E-state index contributed by atoms with van der Waals surface area (Å²) < 4.78 is 5.60. The van der Waals surface area contributed by atoms with Gasteiger partial charge in [-0.25, -0.2) is 4.79 Å². The molecular formula is C21H25N3O6. The van der Waals surface area contributed by atoms with Gasteiger partial charge in [-0.1, -0.05) is 30.3 Å². The molecule has 2 rings (SSSR count). The number of anilines is 1. The van der Waals surface area contributed by atoms with E-state index in [0.717, 1.165) is 10.5 Å². The third-order valence-corrected chi connectivity index (χ3v) is 4.37. The normalized spacial score (nSPS) is 12.0. The van der Waals surface area contributed by atoms with Crippen LogP contribution in [0.25, 0.3) is 0 Å². The monoisotopic (exact) mass is 415 g/mol. The van der Waals surface area contributed by atoms with Crippen LogP contribution in [-0.4, -0.2) is 38.5 Å². The summed E-state index contributed by atoms with van der Waals surface area (Å²) in [6.45, 7) is 6.64. The van der Waals surface area contributed by atoms with Crippen molar-refractivity contribution in [3.8, 4) is 5.75 Å². The molecule has 9 heteroatoms. The number of nitrogens with zero attached hydrogens (tertiary/aromatic N) is 2. The first-order chi connectivity index (χ1) is 14.0. The van der Waals surface area contributed by atoms with Gasteiger partial charge in [-0.05, 0) is 45.4 Å². The first kappa shape index (κ1) is 22.7. The molecule has 0 aliphatic rings. The molecule has 0 aliphatic heterocycles.